The largest absolute Gasteiger partial charge is 0.411 e. The van der Waals surface area contributed by atoms with Crippen LogP contribution >= 0.6 is 0 Å². The summed E-state index contributed by atoms with van der Waals surface area (Å²) in [4.78, 5) is 11.6. The molecule has 0 heterocycles. The summed E-state index contributed by atoms with van der Waals surface area (Å²) in [6.45, 7) is 1.83. The Morgan fingerprint density at radius 3 is 2.35 bits per heavy atom. The number of hydrogen-bond acceptors (Lipinski definition) is 2. The highest BCUT2D eigenvalue weighted by Crippen LogP contribution is 2.21. The Bertz CT molecular complexity index is 418. The van der Waals surface area contributed by atoms with Crippen molar-refractivity contribution in [3.63, 3.8) is 0 Å². The SMILES string of the molecule is CC(C)C(NC(=O)COCC(F)(F)F)c1ccccc1. The molecule has 1 unspecified atom stereocenters. The van der Waals surface area contributed by atoms with Crippen LogP contribution < -0.4 is 5.32 Å². The second-order valence-corrected chi connectivity index (χ2v) is 4.81. The number of halogens is 3. The highest BCUT2D eigenvalue weighted by molar-refractivity contribution is 5.77. The van der Waals surface area contributed by atoms with E-state index in [2.05, 4.69) is 10.1 Å². The van der Waals surface area contributed by atoms with Crippen LogP contribution in [0.1, 0.15) is 25.5 Å². The van der Waals surface area contributed by atoms with E-state index in [1.54, 1.807) is 0 Å². The third-order valence-electron chi connectivity index (χ3n) is 2.64. The van der Waals surface area contributed by atoms with Crippen molar-refractivity contribution in [3.8, 4) is 0 Å². The van der Waals surface area contributed by atoms with Crippen LogP contribution in [0.4, 0.5) is 13.2 Å². The van der Waals surface area contributed by atoms with Crippen LogP contribution in [0.15, 0.2) is 30.3 Å². The second kappa shape index (κ2) is 7.28. The fourth-order valence-electron chi connectivity index (χ4n) is 1.77. The van der Waals surface area contributed by atoms with Crippen LogP contribution in [0.3, 0.4) is 0 Å². The summed E-state index contributed by atoms with van der Waals surface area (Å²) >= 11 is 0. The lowest BCUT2D eigenvalue weighted by Crippen LogP contribution is -2.35. The Hall–Kier alpha value is -1.56. The van der Waals surface area contributed by atoms with Crippen LogP contribution in [0.25, 0.3) is 0 Å². The molecule has 1 rings (SSSR count). The first-order valence-electron chi connectivity index (χ1n) is 6.28. The molecule has 3 nitrogen and oxygen atoms in total. The van der Waals surface area contributed by atoms with Gasteiger partial charge in [0.1, 0.15) is 13.2 Å². The Morgan fingerprint density at radius 1 is 1.25 bits per heavy atom. The minimum atomic E-state index is -4.42. The van der Waals surface area contributed by atoms with Crippen molar-refractivity contribution in [2.75, 3.05) is 13.2 Å². The number of amides is 1. The maximum Gasteiger partial charge on any atom is 0.411 e. The van der Waals surface area contributed by atoms with E-state index in [1.165, 1.54) is 0 Å². The molecular formula is C14H18F3NO2. The van der Waals surface area contributed by atoms with E-state index >= 15 is 0 Å². The van der Waals surface area contributed by atoms with Crippen molar-refractivity contribution in [2.24, 2.45) is 5.92 Å². The molecule has 1 N–H and O–H groups in total. The molecule has 0 aliphatic rings. The quantitative estimate of drug-likeness (QED) is 0.874. The zero-order valence-electron chi connectivity index (χ0n) is 11.4. The number of carbonyl (C=O) groups excluding carboxylic acids is 1. The van der Waals surface area contributed by atoms with Crippen LogP contribution in [0.5, 0.6) is 0 Å². The van der Waals surface area contributed by atoms with E-state index in [1.807, 2.05) is 44.2 Å². The Kier molecular flexibility index (Phi) is 6.01. The number of benzene rings is 1. The van der Waals surface area contributed by atoms with Crippen molar-refractivity contribution in [2.45, 2.75) is 26.1 Å². The normalized spacial score (nSPS) is 13.3. The van der Waals surface area contributed by atoms with Gasteiger partial charge in [0.15, 0.2) is 0 Å². The summed E-state index contributed by atoms with van der Waals surface area (Å²) in [5.41, 5.74) is 0.909. The van der Waals surface area contributed by atoms with Crippen molar-refractivity contribution in [1.29, 1.82) is 0 Å². The van der Waals surface area contributed by atoms with Crippen molar-refractivity contribution >= 4 is 5.91 Å². The number of alkyl halides is 3. The van der Waals surface area contributed by atoms with Gasteiger partial charge in [-0.25, -0.2) is 0 Å². The lowest BCUT2D eigenvalue weighted by molar-refractivity contribution is -0.175. The molecule has 20 heavy (non-hydrogen) atoms. The molecule has 0 aliphatic heterocycles. The van der Waals surface area contributed by atoms with Crippen molar-refractivity contribution < 1.29 is 22.7 Å². The molecule has 0 radical (unpaired) electrons. The minimum Gasteiger partial charge on any atom is -0.362 e. The summed E-state index contributed by atoms with van der Waals surface area (Å²) in [7, 11) is 0. The number of nitrogens with one attached hydrogen (secondary N) is 1. The number of rotatable bonds is 6. The van der Waals surface area contributed by atoms with Gasteiger partial charge in [-0.05, 0) is 11.5 Å². The standard InChI is InChI=1S/C14H18F3NO2/c1-10(2)13(11-6-4-3-5-7-11)18-12(19)8-20-9-14(15,16)17/h3-7,10,13H,8-9H2,1-2H3,(H,18,19). The van der Waals surface area contributed by atoms with E-state index < -0.39 is 25.3 Å². The average molecular weight is 289 g/mol. The monoisotopic (exact) mass is 289 g/mol. The summed E-state index contributed by atoms with van der Waals surface area (Å²) in [6.07, 6.45) is -4.42. The third-order valence-corrected chi connectivity index (χ3v) is 2.64. The third kappa shape index (κ3) is 6.06. The molecule has 0 spiro atoms. The smallest absolute Gasteiger partial charge is 0.362 e. The molecule has 0 saturated heterocycles. The molecule has 1 aromatic carbocycles. The number of carbonyl (C=O) groups is 1. The summed E-state index contributed by atoms with van der Waals surface area (Å²) in [5.74, 6) is -0.444. The van der Waals surface area contributed by atoms with Crippen LogP contribution in [0.2, 0.25) is 0 Å². The van der Waals surface area contributed by atoms with Gasteiger partial charge in [0.25, 0.3) is 0 Å². The topological polar surface area (TPSA) is 38.3 Å². The fraction of sp³-hybridized carbons (Fsp3) is 0.500. The molecule has 1 aromatic rings. The van der Waals surface area contributed by atoms with Crippen LogP contribution in [0, 0.1) is 5.92 Å². The number of ether oxygens (including phenoxy) is 1. The average Bonchev–Trinajstić information content (AvgIpc) is 2.35. The zero-order chi connectivity index (χ0) is 15.2. The van der Waals surface area contributed by atoms with E-state index in [9.17, 15) is 18.0 Å². The van der Waals surface area contributed by atoms with Crippen LogP contribution in [-0.2, 0) is 9.53 Å². The Morgan fingerprint density at radius 2 is 1.85 bits per heavy atom. The lowest BCUT2D eigenvalue weighted by Gasteiger charge is -2.23. The molecule has 112 valence electrons. The minimum absolute atomic E-state index is 0.115. The van der Waals surface area contributed by atoms with Gasteiger partial charge in [-0.15, -0.1) is 0 Å². The molecule has 0 fully saturated rings. The predicted octanol–water partition coefficient (Wildman–Crippen LogP) is 3.08. The maximum atomic E-state index is 11.9. The first kappa shape index (κ1) is 16.5. The fourth-order valence-corrected chi connectivity index (χ4v) is 1.77. The highest BCUT2D eigenvalue weighted by atomic mass is 19.4. The maximum absolute atomic E-state index is 11.9. The summed E-state index contributed by atoms with van der Waals surface area (Å²) in [6, 6.07) is 9.02. The lowest BCUT2D eigenvalue weighted by atomic mass is 9.96. The molecule has 1 atom stereocenters. The van der Waals surface area contributed by atoms with E-state index in [0.717, 1.165) is 5.56 Å². The molecule has 0 aliphatic carbocycles. The molecule has 0 bridgehead atoms. The van der Waals surface area contributed by atoms with Crippen molar-refractivity contribution in [1.82, 2.24) is 5.32 Å². The predicted molar refractivity (Wildman–Crippen MR) is 69.0 cm³/mol. The van der Waals surface area contributed by atoms with Gasteiger partial charge in [0, 0.05) is 0 Å². The zero-order valence-corrected chi connectivity index (χ0v) is 11.4. The van der Waals surface area contributed by atoms with Crippen LogP contribution in [-0.4, -0.2) is 25.3 Å². The van der Waals surface area contributed by atoms with Gasteiger partial charge >= 0.3 is 6.18 Å². The highest BCUT2D eigenvalue weighted by Gasteiger charge is 2.28. The molecular weight excluding hydrogens is 271 g/mol. The molecule has 6 heteroatoms. The number of hydrogen-bond donors (Lipinski definition) is 1. The first-order valence-corrected chi connectivity index (χ1v) is 6.28. The van der Waals surface area contributed by atoms with E-state index in [4.69, 9.17) is 0 Å². The van der Waals surface area contributed by atoms with Gasteiger partial charge in [-0.2, -0.15) is 13.2 Å². The van der Waals surface area contributed by atoms with Crippen molar-refractivity contribution in [3.05, 3.63) is 35.9 Å². The first-order chi connectivity index (χ1) is 9.29. The van der Waals surface area contributed by atoms with E-state index in [0.29, 0.717) is 0 Å². The molecule has 0 saturated carbocycles. The molecule has 0 aromatic heterocycles. The van der Waals surface area contributed by atoms with Gasteiger partial charge in [-0.3, -0.25) is 4.79 Å². The Labute approximate surface area is 116 Å². The van der Waals surface area contributed by atoms with Gasteiger partial charge in [-0.1, -0.05) is 44.2 Å². The second-order valence-electron chi connectivity index (χ2n) is 4.81. The van der Waals surface area contributed by atoms with Gasteiger partial charge in [0.05, 0.1) is 6.04 Å². The Balaban J connectivity index is 2.53. The van der Waals surface area contributed by atoms with Gasteiger partial charge in [0.2, 0.25) is 5.91 Å². The van der Waals surface area contributed by atoms with E-state index in [-0.39, 0.29) is 12.0 Å². The molecule has 1 amide bonds. The summed E-state index contributed by atoms with van der Waals surface area (Å²) < 4.78 is 40.1. The summed E-state index contributed by atoms with van der Waals surface area (Å²) in [5, 5.41) is 2.69. The van der Waals surface area contributed by atoms with Gasteiger partial charge < -0.3 is 10.1 Å².